The Morgan fingerprint density at radius 1 is 1.36 bits per heavy atom. The van der Waals surface area contributed by atoms with E-state index in [-0.39, 0.29) is 5.78 Å². The summed E-state index contributed by atoms with van der Waals surface area (Å²) in [5.41, 5.74) is 0.736. The van der Waals surface area contributed by atoms with Crippen LogP contribution in [0, 0.1) is 0 Å². The van der Waals surface area contributed by atoms with Crippen molar-refractivity contribution in [3.05, 3.63) is 35.9 Å². The minimum atomic E-state index is 0.0856. The number of halogens is 1. The molecule has 0 heterocycles. The van der Waals surface area contributed by atoms with E-state index in [4.69, 9.17) is 0 Å². The average Bonchev–Trinajstić information content (AvgIpc) is 2.07. The molecule has 0 aliphatic carbocycles. The highest BCUT2D eigenvalue weighted by Crippen LogP contribution is 1.98. The van der Waals surface area contributed by atoms with Crippen molar-refractivity contribution in [3.63, 3.8) is 0 Å². The lowest BCUT2D eigenvalue weighted by Gasteiger charge is -1.96. The van der Waals surface area contributed by atoms with Gasteiger partial charge in [-0.15, -0.1) is 0 Å². The van der Waals surface area contributed by atoms with Crippen molar-refractivity contribution in [2.24, 2.45) is 0 Å². The lowest BCUT2D eigenvalue weighted by Crippen LogP contribution is -2.13. The van der Waals surface area contributed by atoms with Crippen LogP contribution in [0.1, 0.15) is 10.4 Å². The Balaban J connectivity index is 2.69. The molecule has 0 aliphatic heterocycles. The van der Waals surface area contributed by atoms with E-state index in [1.807, 2.05) is 18.2 Å². The number of ketones is 1. The molecule has 0 spiro atoms. The number of carbonyl (C=O) groups is 1. The lowest BCUT2D eigenvalue weighted by molar-refractivity contribution is 0.0998. The van der Waals surface area contributed by atoms with Crippen LogP contribution in [0.4, 0.5) is 0 Å². The van der Waals surface area contributed by atoms with E-state index < -0.39 is 0 Å². The number of hydrogen-bond acceptors (Lipinski definition) is 2. The molecule has 1 N–H and O–H groups in total. The Labute approximate surface area is 74.0 Å². The molecule has 0 aliphatic rings. The normalized spacial score (nSPS) is 9.55. The molecular weight excluding hydrogens is 206 g/mol. The van der Waals surface area contributed by atoms with Crippen molar-refractivity contribution < 1.29 is 4.79 Å². The molecule has 3 heteroatoms. The Bertz CT molecular complexity index is 235. The van der Waals surface area contributed by atoms with Gasteiger partial charge in [0.15, 0.2) is 5.78 Å². The molecule has 0 fully saturated rings. The molecule has 0 bridgehead atoms. The molecule has 58 valence electrons. The fraction of sp³-hybridized carbons (Fsp3) is 0.125. The molecule has 0 amide bonds. The molecule has 1 rings (SSSR count). The van der Waals surface area contributed by atoms with Gasteiger partial charge in [0.1, 0.15) is 0 Å². The summed E-state index contributed by atoms with van der Waals surface area (Å²) in [6.45, 7) is 0.323. The SMILES string of the molecule is O=C(CNBr)c1ccccc1. The third kappa shape index (κ3) is 2.44. The zero-order chi connectivity index (χ0) is 8.10. The van der Waals surface area contributed by atoms with E-state index in [0.29, 0.717) is 6.54 Å². The first-order chi connectivity index (χ1) is 5.34. The third-order valence-corrected chi connectivity index (χ3v) is 1.60. The molecule has 1 aromatic carbocycles. The first-order valence-electron chi connectivity index (χ1n) is 3.26. The number of carbonyl (C=O) groups excluding carboxylic acids is 1. The third-order valence-electron chi connectivity index (χ3n) is 1.32. The van der Waals surface area contributed by atoms with E-state index in [1.54, 1.807) is 12.1 Å². The van der Waals surface area contributed by atoms with Crippen molar-refractivity contribution in [1.29, 1.82) is 0 Å². The minimum absolute atomic E-state index is 0.0856. The van der Waals surface area contributed by atoms with Gasteiger partial charge in [-0.05, 0) is 0 Å². The first-order valence-corrected chi connectivity index (χ1v) is 4.05. The van der Waals surface area contributed by atoms with Crippen LogP contribution >= 0.6 is 16.1 Å². The molecule has 0 saturated heterocycles. The van der Waals surface area contributed by atoms with E-state index >= 15 is 0 Å². The second kappa shape index (κ2) is 4.26. The number of Topliss-reactive ketones (excluding diaryl/α,β-unsaturated/α-hetero) is 1. The summed E-state index contributed by atoms with van der Waals surface area (Å²) in [4.78, 5) is 11.2. The van der Waals surface area contributed by atoms with Crippen molar-refractivity contribution in [1.82, 2.24) is 4.34 Å². The average molecular weight is 214 g/mol. The molecule has 0 radical (unpaired) electrons. The van der Waals surface area contributed by atoms with Gasteiger partial charge in [0.2, 0.25) is 0 Å². The highest BCUT2D eigenvalue weighted by molar-refractivity contribution is 9.08. The van der Waals surface area contributed by atoms with Gasteiger partial charge in [-0.3, -0.25) is 4.79 Å². The van der Waals surface area contributed by atoms with Gasteiger partial charge in [0, 0.05) is 21.7 Å². The zero-order valence-corrected chi connectivity index (χ0v) is 7.47. The van der Waals surface area contributed by atoms with Gasteiger partial charge >= 0.3 is 0 Å². The Hall–Kier alpha value is -0.670. The summed E-state index contributed by atoms with van der Waals surface area (Å²) in [6.07, 6.45) is 0. The monoisotopic (exact) mass is 213 g/mol. The quantitative estimate of drug-likeness (QED) is 0.613. The number of nitrogens with one attached hydrogen (secondary N) is 1. The van der Waals surface area contributed by atoms with Crippen molar-refractivity contribution in [3.8, 4) is 0 Å². The second-order valence-corrected chi connectivity index (χ2v) is 2.66. The van der Waals surface area contributed by atoms with Gasteiger partial charge in [-0.2, -0.15) is 0 Å². The highest BCUT2D eigenvalue weighted by atomic mass is 79.9. The van der Waals surface area contributed by atoms with Crippen LogP contribution in [0.3, 0.4) is 0 Å². The van der Waals surface area contributed by atoms with Crippen molar-refractivity contribution >= 4 is 21.9 Å². The van der Waals surface area contributed by atoms with Crippen LogP contribution in [-0.2, 0) is 0 Å². The van der Waals surface area contributed by atoms with Gasteiger partial charge in [-0.25, -0.2) is 4.34 Å². The number of rotatable bonds is 3. The summed E-state index contributed by atoms with van der Waals surface area (Å²) in [6, 6.07) is 9.18. The predicted octanol–water partition coefficient (Wildman–Crippen LogP) is 1.77. The van der Waals surface area contributed by atoms with E-state index in [2.05, 4.69) is 20.5 Å². The van der Waals surface area contributed by atoms with Gasteiger partial charge in [0.05, 0.1) is 6.54 Å². The van der Waals surface area contributed by atoms with Crippen molar-refractivity contribution in [2.45, 2.75) is 0 Å². The molecule has 0 aromatic heterocycles. The Kier molecular flexibility index (Phi) is 3.26. The smallest absolute Gasteiger partial charge is 0.177 e. The molecule has 0 saturated carbocycles. The number of benzene rings is 1. The Morgan fingerprint density at radius 2 is 2.00 bits per heavy atom. The standard InChI is InChI=1S/C8H8BrNO/c9-10-6-8(11)7-4-2-1-3-5-7/h1-5,10H,6H2. The second-order valence-electron chi connectivity index (χ2n) is 2.10. The van der Waals surface area contributed by atoms with E-state index in [0.717, 1.165) is 5.56 Å². The van der Waals surface area contributed by atoms with Crippen molar-refractivity contribution in [2.75, 3.05) is 6.54 Å². The van der Waals surface area contributed by atoms with Gasteiger partial charge in [0.25, 0.3) is 0 Å². The molecule has 0 atom stereocenters. The maximum atomic E-state index is 11.2. The predicted molar refractivity (Wildman–Crippen MR) is 47.7 cm³/mol. The van der Waals surface area contributed by atoms with E-state index in [1.165, 1.54) is 0 Å². The first kappa shape index (κ1) is 8.43. The Morgan fingerprint density at radius 3 is 2.55 bits per heavy atom. The largest absolute Gasteiger partial charge is 0.293 e. The summed E-state index contributed by atoms with van der Waals surface area (Å²) in [5, 5.41) is 0. The van der Waals surface area contributed by atoms with Crippen LogP contribution < -0.4 is 4.34 Å². The zero-order valence-electron chi connectivity index (χ0n) is 5.88. The maximum absolute atomic E-state index is 11.2. The molecule has 1 aromatic rings. The van der Waals surface area contributed by atoms with Gasteiger partial charge in [-0.1, -0.05) is 30.3 Å². The molecule has 11 heavy (non-hydrogen) atoms. The fourth-order valence-electron chi connectivity index (χ4n) is 0.787. The molecular formula is C8H8BrNO. The summed E-state index contributed by atoms with van der Waals surface area (Å²) in [5.74, 6) is 0.0856. The summed E-state index contributed by atoms with van der Waals surface area (Å²) >= 11 is 2.98. The maximum Gasteiger partial charge on any atom is 0.177 e. The van der Waals surface area contributed by atoms with E-state index in [9.17, 15) is 4.79 Å². The lowest BCUT2D eigenvalue weighted by atomic mass is 10.1. The van der Waals surface area contributed by atoms with Gasteiger partial charge < -0.3 is 0 Å². The minimum Gasteiger partial charge on any atom is -0.293 e. The number of hydrogen-bond donors (Lipinski definition) is 1. The topological polar surface area (TPSA) is 29.1 Å². The summed E-state index contributed by atoms with van der Waals surface area (Å²) < 4.78 is 2.63. The molecule has 2 nitrogen and oxygen atoms in total. The summed E-state index contributed by atoms with van der Waals surface area (Å²) in [7, 11) is 0. The van der Waals surface area contributed by atoms with Crippen LogP contribution in [0.25, 0.3) is 0 Å². The van der Waals surface area contributed by atoms with Crippen LogP contribution in [0.15, 0.2) is 30.3 Å². The molecule has 0 unspecified atom stereocenters. The van der Waals surface area contributed by atoms with Crippen LogP contribution in [0.5, 0.6) is 0 Å². The highest BCUT2D eigenvalue weighted by Gasteiger charge is 2.01. The fourth-order valence-corrected chi connectivity index (χ4v) is 1.04. The van der Waals surface area contributed by atoms with Crippen LogP contribution in [0.2, 0.25) is 0 Å². The van der Waals surface area contributed by atoms with Crippen LogP contribution in [-0.4, -0.2) is 12.3 Å².